The molecule has 0 unspecified atom stereocenters. The Morgan fingerprint density at radius 2 is 1.46 bits per heavy atom. The largest absolute Gasteiger partial charge is 1.00 e. The van der Waals surface area contributed by atoms with Crippen LogP contribution in [0.4, 0.5) is 18.9 Å². The van der Waals surface area contributed by atoms with Crippen LogP contribution in [0.1, 0.15) is 14.3 Å². The molecule has 0 aromatic heterocycles. The molecule has 0 amide bonds. The quantitative estimate of drug-likeness (QED) is 0.838. The van der Waals surface area contributed by atoms with Crippen LogP contribution in [0.5, 0.6) is 17.2 Å². The number of hydrogen-bond donors (Lipinski definition) is 1. The minimum atomic E-state index is -4.69. The number of hydrogen-bond acceptors (Lipinski definition) is 4. The van der Waals surface area contributed by atoms with Crippen LogP contribution in [0.15, 0.2) is 48.5 Å². The van der Waals surface area contributed by atoms with Gasteiger partial charge in [-0.3, -0.25) is 0 Å². The number of nitrogens with zero attached hydrogens (tertiary/aromatic N) is 1. The van der Waals surface area contributed by atoms with Crippen molar-refractivity contribution in [1.29, 1.82) is 0 Å². The zero-order valence-corrected chi connectivity index (χ0v) is 14.4. The molecule has 2 aromatic carbocycles. The Bertz CT molecular complexity index is 690. The standard InChI is InChI=1S/C18H18F3NO3.Li.H/c19-18(20,21)25-17-7-5-15(6-8-17)24-16-9-11-22(12-10-16)13-1-3-14(23)4-2-13;;/h1-8,16,23H,9-12H2;;/q;+1;-1. The number of piperidine rings is 1. The predicted molar refractivity (Wildman–Crippen MR) is 88.2 cm³/mol. The number of phenols is 1. The molecule has 0 radical (unpaired) electrons. The Hall–Kier alpha value is -1.97. The van der Waals surface area contributed by atoms with E-state index in [0.717, 1.165) is 31.6 Å². The molecule has 1 heterocycles. The van der Waals surface area contributed by atoms with Crippen LogP contribution in [-0.2, 0) is 0 Å². The Morgan fingerprint density at radius 1 is 0.923 bits per heavy atom. The second kappa shape index (κ2) is 8.61. The molecule has 2 aromatic rings. The van der Waals surface area contributed by atoms with Crippen LogP contribution >= 0.6 is 0 Å². The summed E-state index contributed by atoms with van der Waals surface area (Å²) in [5.74, 6) is 0.500. The topological polar surface area (TPSA) is 41.9 Å². The molecule has 0 atom stereocenters. The summed E-state index contributed by atoms with van der Waals surface area (Å²) in [5.41, 5.74) is 1.05. The smallest absolute Gasteiger partial charge is 1.00 e. The maximum absolute atomic E-state index is 12.1. The summed E-state index contributed by atoms with van der Waals surface area (Å²) >= 11 is 0. The molecule has 0 spiro atoms. The van der Waals surface area contributed by atoms with Gasteiger partial charge in [0.25, 0.3) is 0 Å². The van der Waals surface area contributed by atoms with Crippen LogP contribution in [0.2, 0.25) is 0 Å². The van der Waals surface area contributed by atoms with Gasteiger partial charge >= 0.3 is 25.2 Å². The summed E-state index contributed by atoms with van der Waals surface area (Å²) in [6, 6.07) is 12.5. The van der Waals surface area contributed by atoms with Crippen molar-refractivity contribution in [2.24, 2.45) is 0 Å². The maximum atomic E-state index is 12.1. The molecule has 1 aliphatic heterocycles. The molecule has 136 valence electrons. The summed E-state index contributed by atoms with van der Waals surface area (Å²) < 4.78 is 46.1. The maximum Gasteiger partial charge on any atom is 1.00 e. The van der Waals surface area contributed by atoms with E-state index >= 15 is 0 Å². The summed E-state index contributed by atoms with van der Waals surface area (Å²) in [6.07, 6.45) is -3.06. The first-order valence-corrected chi connectivity index (χ1v) is 7.95. The Morgan fingerprint density at radius 3 is 2.00 bits per heavy atom. The van der Waals surface area contributed by atoms with Gasteiger partial charge in [-0.2, -0.15) is 0 Å². The number of phenolic OH excluding ortho intramolecular Hbond substituents is 1. The van der Waals surface area contributed by atoms with E-state index < -0.39 is 6.36 Å². The van der Waals surface area contributed by atoms with E-state index in [-0.39, 0.29) is 37.9 Å². The van der Waals surface area contributed by atoms with Gasteiger partial charge in [0.15, 0.2) is 0 Å². The van der Waals surface area contributed by atoms with Crippen molar-refractivity contribution >= 4 is 5.69 Å². The molecule has 1 aliphatic rings. The van der Waals surface area contributed by atoms with E-state index in [2.05, 4.69) is 9.64 Å². The van der Waals surface area contributed by atoms with E-state index in [1.54, 1.807) is 12.1 Å². The van der Waals surface area contributed by atoms with E-state index in [1.165, 1.54) is 24.3 Å². The Labute approximate surface area is 163 Å². The van der Waals surface area contributed by atoms with Gasteiger partial charge in [0, 0.05) is 31.6 Å². The molecule has 0 saturated carbocycles. The van der Waals surface area contributed by atoms with Crippen molar-refractivity contribution in [2.45, 2.75) is 25.3 Å². The summed E-state index contributed by atoms with van der Waals surface area (Å²) in [4.78, 5) is 2.21. The summed E-state index contributed by atoms with van der Waals surface area (Å²) in [5, 5.41) is 9.33. The number of halogens is 3. The molecular formula is C18H19F3LiNO3. The fraction of sp³-hybridized carbons (Fsp3) is 0.333. The first-order valence-electron chi connectivity index (χ1n) is 7.95. The summed E-state index contributed by atoms with van der Waals surface area (Å²) in [6.45, 7) is 1.62. The Kier molecular flexibility index (Phi) is 6.73. The second-order valence-corrected chi connectivity index (χ2v) is 5.84. The molecular weight excluding hydrogens is 342 g/mol. The number of ether oxygens (including phenoxy) is 2. The van der Waals surface area contributed by atoms with Crippen molar-refractivity contribution in [2.75, 3.05) is 18.0 Å². The average Bonchev–Trinajstić information content (AvgIpc) is 2.57. The molecule has 0 aliphatic carbocycles. The van der Waals surface area contributed by atoms with Crippen LogP contribution in [-0.4, -0.2) is 30.7 Å². The van der Waals surface area contributed by atoms with E-state index in [0.29, 0.717) is 5.75 Å². The molecule has 26 heavy (non-hydrogen) atoms. The predicted octanol–water partition coefficient (Wildman–Crippen LogP) is 1.46. The molecule has 3 rings (SSSR count). The zero-order valence-electron chi connectivity index (χ0n) is 15.4. The van der Waals surface area contributed by atoms with Gasteiger partial charge < -0.3 is 20.9 Å². The van der Waals surface area contributed by atoms with Crippen molar-refractivity contribution in [3.05, 3.63) is 48.5 Å². The minimum absolute atomic E-state index is 0. The van der Waals surface area contributed by atoms with Crippen molar-refractivity contribution in [1.82, 2.24) is 0 Å². The van der Waals surface area contributed by atoms with E-state index in [9.17, 15) is 18.3 Å². The van der Waals surface area contributed by atoms with Crippen molar-refractivity contribution < 1.29 is 48.0 Å². The molecule has 1 fully saturated rings. The first-order chi connectivity index (χ1) is 11.9. The van der Waals surface area contributed by atoms with Gasteiger partial charge in [-0.05, 0) is 48.5 Å². The van der Waals surface area contributed by atoms with Crippen LogP contribution in [0.3, 0.4) is 0 Å². The first kappa shape index (κ1) is 20.3. The SMILES string of the molecule is Oc1ccc(N2CCC(Oc3ccc(OC(F)(F)F)cc3)CC2)cc1.[H-].[Li+]. The van der Waals surface area contributed by atoms with Gasteiger partial charge in [-0.1, -0.05) is 0 Å². The summed E-state index contributed by atoms with van der Waals surface area (Å²) in [7, 11) is 0. The molecule has 4 nitrogen and oxygen atoms in total. The fourth-order valence-corrected chi connectivity index (χ4v) is 2.81. The van der Waals surface area contributed by atoms with Crippen LogP contribution in [0, 0.1) is 0 Å². The second-order valence-electron chi connectivity index (χ2n) is 5.84. The van der Waals surface area contributed by atoms with Crippen LogP contribution < -0.4 is 33.2 Å². The average molecular weight is 361 g/mol. The number of benzene rings is 2. The van der Waals surface area contributed by atoms with Gasteiger partial charge in [0.05, 0.1) is 0 Å². The number of anilines is 1. The van der Waals surface area contributed by atoms with Gasteiger partial charge in [-0.15, -0.1) is 13.2 Å². The Balaban J connectivity index is 0.00000182. The van der Waals surface area contributed by atoms with Gasteiger partial charge in [-0.25, -0.2) is 0 Å². The molecule has 1 N–H and O–H groups in total. The molecule has 0 bridgehead atoms. The van der Waals surface area contributed by atoms with Crippen molar-refractivity contribution in [3.63, 3.8) is 0 Å². The van der Waals surface area contributed by atoms with Gasteiger partial charge in [0.2, 0.25) is 0 Å². The van der Waals surface area contributed by atoms with Crippen LogP contribution in [0.25, 0.3) is 0 Å². The van der Waals surface area contributed by atoms with E-state index in [4.69, 9.17) is 4.74 Å². The third-order valence-corrected chi connectivity index (χ3v) is 4.02. The monoisotopic (exact) mass is 361 g/mol. The number of aromatic hydroxyl groups is 1. The van der Waals surface area contributed by atoms with Gasteiger partial charge in [0.1, 0.15) is 23.4 Å². The minimum Gasteiger partial charge on any atom is -1.00 e. The fourth-order valence-electron chi connectivity index (χ4n) is 2.81. The van der Waals surface area contributed by atoms with Crippen molar-refractivity contribution in [3.8, 4) is 17.2 Å². The normalized spacial score (nSPS) is 15.3. The molecule has 8 heteroatoms. The zero-order chi connectivity index (χ0) is 17.9. The third kappa shape index (κ3) is 5.79. The number of rotatable bonds is 4. The number of alkyl halides is 3. The van der Waals surface area contributed by atoms with E-state index in [1.807, 2.05) is 12.1 Å². The molecule has 1 saturated heterocycles. The third-order valence-electron chi connectivity index (χ3n) is 4.02.